The summed E-state index contributed by atoms with van der Waals surface area (Å²) in [4.78, 5) is 37.0. The smallest absolute Gasteiger partial charge is 0.410 e. The maximum Gasteiger partial charge on any atom is 0.412 e. The van der Waals surface area contributed by atoms with Crippen molar-refractivity contribution >= 4 is 6.09 Å². The number of hydrogen-bond donors (Lipinski definition) is 3. The van der Waals surface area contributed by atoms with Crippen molar-refractivity contribution in [3.63, 3.8) is 0 Å². The first kappa shape index (κ1) is 25.3. The number of aryl methyl sites for hydroxylation is 1. The number of aliphatic hydroxyl groups is 2. The minimum atomic E-state index is -0.885. The Morgan fingerprint density at radius 1 is 1.25 bits per heavy atom. The summed E-state index contributed by atoms with van der Waals surface area (Å²) in [5.74, 6) is 0.439. The van der Waals surface area contributed by atoms with E-state index in [0.29, 0.717) is 30.7 Å². The van der Waals surface area contributed by atoms with E-state index in [-0.39, 0.29) is 27.0 Å². The largest absolute Gasteiger partial charge is 0.412 e. The van der Waals surface area contributed by atoms with Crippen molar-refractivity contribution in [1.82, 2.24) is 14.5 Å². The summed E-state index contributed by atoms with van der Waals surface area (Å²) in [6.45, 7) is 1.75. The Morgan fingerprint density at radius 2 is 1.97 bits per heavy atom. The summed E-state index contributed by atoms with van der Waals surface area (Å²) in [6.07, 6.45) is -0.387. The molecule has 3 rings (SSSR count). The molecule has 3 atom stereocenters. The highest BCUT2D eigenvalue weighted by Crippen LogP contribution is 2.27. The maximum absolute atomic E-state index is 12.8. The molecule has 10 nitrogen and oxygen atoms in total. The average Bonchev–Trinajstić information content (AvgIpc) is 3.13. The van der Waals surface area contributed by atoms with Gasteiger partial charge in [0.05, 0.1) is 12.7 Å². The molecule has 10 heteroatoms. The third kappa shape index (κ3) is 6.06. The first-order valence-electron chi connectivity index (χ1n) is 10.2. The number of nitrogens with zero attached hydrogens (tertiary/aromatic N) is 2. The second kappa shape index (κ2) is 11.6. The lowest BCUT2D eigenvalue weighted by Crippen LogP contribution is -2.42. The number of unbranched alkanes of at least 4 members (excludes halogenated alkanes) is 1. The number of para-hydroxylation sites is 1. The Morgan fingerprint density at radius 3 is 2.62 bits per heavy atom. The van der Waals surface area contributed by atoms with Crippen molar-refractivity contribution in [2.75, 3.05) is 13.2 Å². The number of ether oxygens (including phenoxy) is 2. The molecule has 3 unspecified atom stereocenters. The van der Waals surface area contributed by atoms with E-state index in [0.717, 1.165) is 4.57 Å². The minimum Gasteiger partial charge on any atom is -0.410 e. The van der Waals surface area contributed by atoms with Crippen LogP contribution < -0.4 is 21.3 Å². The normalized spacial score (nSPS) is 19.9. The van der Waals surface area contributed by atoms with Crippen LogP contribution in [0.1, 0.15) is 38.5 Å². The van der Waals surface area contributed by atoms with Gasteiger partial charge in [-0.3, -0.25) is 13.9 Å². The molecular formula is C22H31N3O7. The number of aliphatic hydroxyl groups excluding tert-OH is 2. The number of amides is 1. The molecule has 0 saturated carbocycles. The topological polar surface area (TPSA) is 132 Å². The molecule has 0 radical (unpaired) electrons. The quantitative estimate of drug-likeness (QED) is 0.515. The van der Waals surface area contributed by atoms with Crippen LogP contribution in [-0.4, -0.2) is 50.8 Å². The van der Waals surface area contributed by atoms with E-state index in [1.165, 1.54) is 10.8 Å². The molecule has 3 N–H and O–H groups in total. The van der Waals surface area contributed by atoms with Crippen LogP contribution in [0.15, 0.2) is 46.1 Å². The fourth-order valence-corrected chi connectivity index (χ4v) is 3.43. The van der Waals surface area contributed by atoms with Crippen molar-refractivity contribution in [3.05, 3.63) is 62.9 Å². The van der Waals surface area contributed by atoms with Gasteiger partial charge in [0, 0.05) is 31.3 Å². The molecule has 0 bridgehead atoms. The molecule has 0 aliphatic carbocycles. The van der Waals surface area contributed by atoms with E-state index < -0.39 is 35.8 Å². The third-order valence-electron chi connectivity index (χ3n) is 5.09. The second-order valence-electron chi connectivity index (χ2n) is 7.41. The Hall–Kier alpha value is -2.95. The van der Waals surface area contributed by atoms with Gasteiger partial charge >= 0.3 is 11.8 Å². The van der Waals surface area contributed by atoms with Gasteiger partial charge in [0.1, 0.15) is 18.1 Å². The molecule has 176 valence electrons. The van der Waals surface area contributed by atoms with Crippen LogP contribution in [-0.2, 0) is 11.3 Å². The zero-order chi connectivity index (χ0) is 22.4. The summed E-state index contributed by atoms with van der Waals surface area (Å²) in [6, 6.07) is 8.68. The SMILES string of the molecule is C.Cc1cn(C2CC(O)C(CO)O2)c(=O)n(CCCCNC(=O)Oc2ccccc2)c1=O. The Kier molecular flexibility index (Phi) is 9.18. The maximum atomic E-state index is 12.8. The number of carbonyl (C=O) groups excluding carboxylic acids is 1. The molecule has 2 aromatic rings. The van der Waals surface area contributed by atoms with Crippen LogP contribution in [0.5, 0.6) is 5.75 Å². The van der Waals surface area contributed by atoms with Gasteiger partial charge in [-0.1, -0.05) is 25.6 Å². The zero-order valence-electron chi connectivity index (χ0n) is 17.3. The average molecular weight is 450 g/mol. The van der Waals surface area contributed by atoms with E-state index in [4.69, 9.17) is 9.47 Å². The van der Waals surface area contributed by atoms with Crippen LogP contribution in [0.2, 0.25) is 0 Å². The lowest BCUT2D eigenvalue weighted by Gasteiger charge is -2.17. The number of benzene rings is 1. The predicted octanol–water partition coefficient (Wildman–Crippen LogP) is 1.16. The van der Waals surface area contributed by atoms with E-state index in [2.05, 4.69) is 5.32 Å². The molecule has 2 heterocycles. The molecule has 1 aromatic carbocycles. The number of nitrogens with one attached hydrogen (secondary N) is 1. The summed E-state index contributed by atoms with van der Waals surface area (Å²) in [5.41, 5.74) is -0.563. The van der Waals surface area contributed by atoms with E-state index >= 15 is 0 Å². The number of aromatic nitrogens is 2. The molecule has 1 aromatic heterocycles. The highest BCUT2D eigenvalue weighted by molar-refractivity contribution is 5.70. The van der Waals surface area contributed by atoms with Crippen LogP contribution in [0.25, 0.3) is 0 Å². The van der Waals surface area contributed by atoms with Crippen LogP contribution in [0, 0.1) is 6.92 Å². The number of rotatable bonds is 8. The molecule has 1 saturated heterocycles. The molecule has 1 fully saturated rings. The van der Waals surface area contributed by atoms with Gasteiger partial charge in [0.25, 0.3) is 5.56 Å². The summed E-state index contributed by atoms with van der Waals surface area (Å²) >= 11 is 0. The highest BCUT2D eigenvalue weighted by Gasteiger charge is 2.35. The fourth-order valence-electron chi connectivity index (χ4n) is 3.43. The van der Waals surface area contributed by atoms with Gasteiger partial charge in [-0.2, -0.15) is 0 Å². The van der Waals surface area contributed by atoms with E-state index in [9.17, 15) is 24.6 Å². The second-order valence-corrected chi connectivity index (χ2v) is 7.41. The lowest BCUT2D eigenvalue weighted by atomic mass is 10.2. The van der Waals surface area contributed by atoms with Crippen molar-refractivity contribution < 1.29 is 24.5 Å². The summed E-state index contributed by atoms with van der Waals surface area (Å²) in [5, 5.41) is 21.8. The first-order valence-corrected chi connectivity index (χ1v) is 10.2. The fraction of sp³-hybridized carbons (Fsp3) is 0.500. The monoisotopic (exact) mass is 449 g/mol. The van der Waals surface area contributed by atoms with Crippen LogP contribution in [0.4, 0.5) is 4.79 Å². The molecule has 0 spiro atoms. The minimum absolute atomic E-state index is 0. The van der Waals surface area contributed by atoms with Gasteiger partial charge in [-0.25, -0.2) is 9.59 Å². The Balaban J connectivity index is 0.00000363. The first-order chi connectivity index (χ1) is 14.9. The number of carbonyl (C=O) groups is 1. The predicted molar refractivity (Wildman–Crippen MR) is 118 cm³/mol. The molecule has 32 heavy (non-hydrogen) atoms. The summed E-state index contributed by atoms with van der Waals surface area (Å²) in [7, 11) is 0. The van der Waals surface area contributed by atoms with Gasteiger partial charge in [-0.05, 0) is 31.9 Å². The Bertz CT molecular complexity index is 1000. The van der Waals surface area contributed by atoms with Crippen molar-refractivity contribution in [3.8, 4) is 5.75 Å². The van der Waals surface area contributed by atoms with Crippen LogP contribution >= 0.6 is 0 Å². The van der Waals surface area contributed by atoms with E-state index in [1.54, 1.807) is 31.2 Å². The van der Waals surface area contributed by atoms with Gasteiger partial charge in [0.15, 0.2) is 0 Å². The standard InChI is InChI=1S/C21H27N3O7.CH4/c1-14-12-24(18-11-16(26)17(13-25)31-18)21(29)23(19(14)27)10-6-5-9-22-20(28)30-15-7-3-2-4-8-15;/h2-4,7-8,12,16-18,25-26H,5-6,9-11,13H2,1H3,(H,22,28);1H4. The van der Waals surface area contributed by atoms with Crippen molar-refractivity contribution in [2.45, 2.75) is 58.6 Å². The lowest BCUT2D eigenvalue weighted by molar-refractivity contribution is -0.0464. The Labute approximate surface area is 186 Å². The molecular weight excluding hydrogens is 418 g/mol. The zero-order valence-corrected chi connectivity index (χ0v) is 17.3. The molecule has 1 aliphatic heterocycles. The number of hydrogen-bond acceptors (Lipinski definition) is 7. The molecule has 1 amide bonds. The third-order valence-corrected chi connectivity index (χ3v) is 5.09. The molecule has 1 aliphatic rings. The van der Waals surface area contributed by atoms with Gasteiger partial charge in [-0.15, -0.1) is 0 Å². The van der Waals surface area contributed by atoms with Crippen molar-refractivity contribution in [2.24, 2.45) is 0 Å². The highest BCUT2D eigenvalue weighted by atomic mass is 16.6. The van der Waals surface area contributed by atoms with Gasteiger partial charge in [0.2, 0.25) is 0 Å². The van der Waals surface area contributed by atoms with E-state index in [1.807, 2.05) is 6.07 Å². The van der Waals surface area contributed by atoms with Crippen molar-refractivity contribution in [1.29, 1.82) is 0 Å². The van der Waals surface area contributed by atoms with Gasteiger partial charge < -0.3 is 25.0 Å². The van der Waals surface area contributed by atoms with Crippen LogP contribution in [0.3, 0.4) is 0 Å². The summed E-state index contributed by atoms with van der Waals surface area (Å²) < 4.78 is 13.1.